The summed E-state index contributed by atoms with van der Waals surface area (Å²) in [4.78, 5) is 8.00. The summed E-state index contributed by atoms with van der Waals surface area (Å²) in [5.41, 5.74) is 6.73. The summed E-state index contributed by atoms with van der Waals surface area (Å²) >= 11 is 0. The lowest BCUT2D eigenvalue weighted by Gasteiger charge is -2.06. The summed E-state index contributed by atoms with van der Waals surface area (Å²) in [6, 6.07) is 9.80. The predicted octanol–water partition coefficient (Wildman–Crippen LogP) is 0.364. The van der Waals surface area contributed by atoms with Gasteiger partial charge in [-0.3, -0.25) is 0 Å². The first kappa shape index (κ1) is 11.8. The first-order valence-corrected chi connectivity index (χ1v) is 4.02. The molecule has 0 radical (unpaired) electrons. The number of hydrogen-bond acceptors (Lipinski definition) is 3. The van der Waals surface area contributed by atoms with E-state index in [0.717, 1.165) is 6.42 Å². The monoisotopic (exact) mass is 181 g/mol. The van der Waals surface area contributed by atoms with Crippen LogP contribution in [0.15, 0.2) is 30.3 Å². The maximum Gasteiger partial charge on any atom is 0.106 e. The van der Waals surface area contributed by atoms with Crippen LogP contribution in [0.2, 0.25) is 0 Å². The fourth-order valence-corrected chi connectivity index (χ4v) is 0.981. The highest BCUT2D eigenvalue weighted by Gasteiger charge is 1.99. The Hall–Kier alpha value is -1.19. The van der Waals surface area contributed by atoms with E-state index in [-0.39, 0.29) is 12.6 Å². The van der Waals surface area contributed by atoms with Crippen molar-refractivity contribution in [1.29, 1.82) is 0 Å². The van der Waals surface area contributed by atoms with Gasteiger partial charge in [-0.05, 0) is 12.0 Å². The van der Waals surface area contributed by atoms with E-state index in [9.17, 15) is 0 Å². The number of carbonyl (C=O) groups is 1. The van der Waals surface area contributed by atoms with Gasteiger partial charge in [0.2, 0.25) is 0 Å². The Morgan fingerprint density at radius 1 is 1.31 bits per heavy atom. The molecule has 0 unspecified atom stereocenters. The molecule has 3 N–H and O–H groups in total. The van der Waals surface area contributed by atoms with Gasteiger partial charge in [-0.15, -0.1) is 0 Å². The van der Waals surface area contributed by atoms with E-state index in [2.05, 4.69) is 0 Å². The first-order chi connectivity index (χ1) is 6.33. The summed E-state index contributed by atoms with van der Waals surface area (Å²) in [5, 5.41) is 8.67. The number of aliphatic hydroxyl groups is 1. The molecule has 72 valence electrons. The van der Waals surface area contributed by atoms with Crippen molar-refractivity contribution in [1.82, 2.24) is 0 Å². The van der Waals surface area contributed by atoms with Crippen LogP contribution < -0.4 is 5.73 Å². The standard InChI is InChI=1S/C9H13NO.CH2O/c10-9(7-11)6-8-4-2-1-3-5-8;1-2/h1-5,9,11H,6-7,10H2;1H2/t9-;/m1./s1. The van der Waals surface area contributed by atoms with Gasteiger partial charge in [0, 0.05) is 6.04 Å². The van der Waals surface area contributed by atoms with Crippen LogP contribution in [-0.2, 0) is 11.2 Å². The SMILES string of the molecule is C=O.N[C@@H](CO)Cc1ccccc1. The van der Waals surface area contributed by atoms with Crippen molar-refractivity contribution in [3.05, 3.63) is 35.9 Å². The molecule has 0 aliphatic heterocycles. The quantitative estimate of drug-likeness (QED) is 0.708. The average Bonchev–Trinajstić information content (AvgIpc) is 2.22. The first-order valence-electron chi connectivity index (χ1n) is 4.02. The molecule has 3 heteroatoms. The number of rotatable bonds is 3. The van der Waals surface area contributed by atoms with Crippen molar-refractivity contribution in [3.63, 3.8) is 0 Å². The molecule has 0 heterocycles. The fraction of sp³-hybridized carbons (Fsp3) is 0.300. The van der Waals surface area contributed by atoms with Gasteiger partial charge in [-0.2, -0.15) is 0 Å². The smallest absolute Gasteiger partial charge is 0.106 e. The van der Waals surface area contributed by atoms with Gasteiger partial charge in [-0.25, -0.2) is 0 Å². The fourth-order valence-electron chi connectivity index (χ4n) is 0.981. The second-order valence-corrected chi connectivity index (χ2v) is 2.63. The van der Waals surface area contributed by atoms with Crippen LogP contribution >= 0.6 is 0 Å². The minimum absolute atomic E-state index is 0.0505. The molecule has 0 amide bonds. The van der Waals surface area contributed by atoms with Crippen molar-refractivity contribution in [2.45, 2.75) is 12.5 Å². The molecule has 0 aliphatic rings. The van der Waals surface area contributed by atoms with Crippen LogP contribution in [0.1, 0.15) is 5.56 Å². The Balaban J connectivity index is 0.000000671. The van der Waals surface area contributed by atoms with Crippen molar-refractivity contribution < 1.29 is 9.90 Å². The zero-order chi connectivity index (χ0) is 10.1. The summed E-state index contributed by atoms with van der Waals surface area (Å²) < 4.78 is 0. The zero-order valence-corrected chi connectivity index (χ0v) is 7.52. The van der Waals surface area contributed by atoms with Crippen molar-refractivity contribution in [3.8, 4) is 0 Å². The van der Waals surface area contributed by atoms with Gasteiger partial charge in [0.05, 0.1) is 6.61 Å². The number of benzene rings is 1. The molecule has 0 saturated heterocycles. The maximum absolute atomic E-state index is 8.67. The lowest BCUT2D eigenvalue weighted by molar-refractivity contribution is -0.0979. The zero-order valence-electron chi connectivity index (χ0n) is 7.52. The number of aliphatic hydroxyl groups excluding tert-OH is 1. The molecule has 13 heavy (non-hydrogen) atoms. The normalized spacial score (nSPS) is 11.2. The van der Waals surface area contributed by atoms with Crippen LogP contribution in [0.3, 0.4) is 0 Å². The minimum atomic E-state index is -0.127. The minimum Gasteiger partial charge on any atom is -0.395 e. The molecule has 0 fully saturated rings. The second kappa shape index (κ2) is 7.46. The van der Waals surface area contributed by atoms with Gasteiger partial charge >= 0.3 is 0 Å². The van der Waals surface area contributed by atoms with Crippen molar-refractivity contribution in [2.24, 2.45) is 5.73 Å². The third kappa shape index (κ3) is 5.11. The predicted molar refractivity (Wildman–Crippen MR) is 52.3 cm³/mol. The number of nitrogens with two attached hydrogens (primary N) is 1. The van der Waals surface area contributed by atoms with Crippen LogP contribution in [0.25, 0.3) is 0 Å². The lowest BCUT2D eigenvalue weighted by Crippen LogP contribution is -2.26. The van der Waals surface area contributed by atoms with Gasteiger partial charge < -0.3 is 15.6 Å². The highest BCUT2D eigenvalue weighted by molar-refractivity contribution is 5.15. The third-order valence-electron chi connectivity index (χ3n) is 1.58. The second-order valence-electron chi connectivity index (χ2n) is 2.63. The van der Waals surface area contributed by atoms with Crippen LogP contribution in [0.5, 0.6) is 0 Å². The Morgan fingerprint density at radius 3 is 2.31 bits per heavy atom. The number of hydrogen-bond donors (Lipinski definition) is 2. The average molecular weight is 181 g/mol. The Kier molecular flexibility index (Phi) is 6.78. The molecule has 0 saturated carbocycles. The lowest BCUT2D eigenvalue weighted by atomic mass is 10.1. The van der Waals surface area contributed by atoms with E-state index in [4.69, 9.17) is 15.6 Å². The van der Waals surface area contributed by atoms with Gasteiger partial charge in [0.15, 0.2) is 0 Å². The largest absolute Gasteiger partial charge is 0.395 e. The van der Waals surface area contributed by atoms with Gasteiger partial charge in [0.1, 0.15) is 6.79 Å². The van der Waals surface area contributed by atoms with E-state index in [0.29, 0.717) is 0 Å². The molecular weight excluding hydrogens is 166 g/mol. The highest BCUT2D eigenvalue weighted by atomic mass is 16.3. The number of carbonyl (C=O) groups excluding carboxylic acids is 1. The Morgan fingerprint density at radius 2 is 1.85 bits per heavy atom. The molecule has 1 rings (SSSR count). The van der Waals surface area contributed by atoms with Crippen LogP contribution in [-0.4, -0.2) is 24.5 Å². The summed E-state index contributed by atoms with van der Waals surface area (Å²) in [5.74, 6) is 0. The van der Waals surface area contributed by atoms with Crippen molar-refractivity contribution >= 4 is 6.79 Å². The van der Waals surface area contributed by atoms with E-state index >= 15 is 0 Å². The van der Waals surface area contributed by atoms with Gasteiger partial charge in [-0.1, -0.05) is 30.3 Å². The molecular formula is C10H15NO2. The van der Waals surface area contributed by atoms with Crippen molar-refractivity contribution in [2.75, 3.05) is 6.61 Å². The summed E-state index contributed by atoms with van der Waals surface area (Å²) in [6.45, 7) is 2.05. The van der Waals surface area contributed by atoms with E-state index in [1.165, 1.54) is 5.56 Å². The van der Waals surface area contributed by atoms with E-state index in [1.54, 1.807) is 0 Å². The molecule has 1 atom stereocenters. The molecule has 0 bridgehead atoms. The molecule has 3 nitrogen and oxygen atoms in total. The third-order valence-corrected chi connectivity index (χ3v) is 1.58. The van der Waals surface area contributed by atoms with Gasteiger partial charge in [0.25, 0.3) is 0 Å². The molecule has 0 aliphatic carbocycles. The van der Waals surface area contributed by atoms with E-state index < -0.39 is 0 Å². The highest BCUT2D eigenvalue weighted by Crippen LogP contribution is 2.00. The van der Waals surface area contributed by atoms with Crippen LogP contribution in [0, 0.1) is 0 Å². The molecule has 1 aromatic rings. The van der Waals surface area contributed by atoms with E-state index in [1.807, 2.05) is 37.1 Å². The molecule has 1 aromatic carbocycles. The Labute approximate surface area is 78.2 Å². The Bertz CT molecular complexity index is 213. The summed E-state index contributed by atoms with van der Waals surface area (Å²) in [6.07, 6.45) is 0.747. The molecule has 0 aromatic heterocycles. The summed E-state index contributed by atoms with van der Waals surface area (Å²) in [7, 11) is 0. The molecule has 0 spiro atoms. The maximum atomic E-state index is 8.67. The topological polar surface area (TPSA) is 63.3 Å². The van der Waals surface area contributed by atoms with Crippen LogP contribution in [0.4, 0.5) is 0 Å².